The molecule has 0 spiro atoms. The highest BCUT2D eigenvalue weighted by Crippen LogP contribution is 2.45. The van der Waals surface area contributed by atoms with Crippen molar-refractivity contribution in [1.82, 2.24) is 5.32 Å². The predicted octanol–water partition coefficient (Wildman–Crippen LogP) is 4.65. The van der Waals surface area contributed by atoms with E-state index in [2.05, 4.69) is 59.8 Å². The molecule has 5 nitrogen and oxygen atoms in total. The molecule has 1 aliphatic carbocycles. The van der Waals surface area contributed by atoms with Crippen LogP contribution >= 0.6 is 0 Å². The van der Waals surface area contributed by atoms with E-state index in [0.717, 1.165) is 12.8 Å². The molecule has 1 fully saturated rings. The number of hydrogen-bond donors (Lipinski definition) is 2. The van der Waals surface area contributed by atoms with Gasteiger partial charge in [-0.05, 0) is 48.9 Å². The summed E-state index contributed by atoms with van der Waals surface area (Å²) in [4.78, 5) is 11.8. The van der Waals surface area contributed by atoms with Crippen molar-refractivity contribution >= 4 is 5.91 Å². The summed E-state index contributed by atoms with van der Waals surface area (Å²) in [5.74, 6) is 0.542. The Morgan fingerprint density at radius 3 is 2.30 bits per heavy atom. The molecule has 7 heteroatoms. The molecule has 0 bridgehead atoms. The first kappa shape index (κ1) is 22.0. The van der Waals surface area contributed by atoms with Crippen molar-refractivity contribution in [1.29, 1.82) is 0 Å². The minimum atomic E-state index is -3.59. The predicted molar refractivity (Wildman–Crippen MR) is 108 cm³/mol. The molecule has 2 aliphatic rings. The molecule has 0 atom stereocenters. The van der Waals surface area contributed by atoms with Gasteiger partial charge in [0.1, 0.15) is 0 Å². The molecule has 1 heterocycles. The van der Waals surface area contributed by atoms with Crippen molar-refractivity contribution in [3.05, 3.63) is 59.2 Å². The van der Waals surface area contributed by atoms with Gasteiger partial charge in [0.25, 0.3) is 0 Å². The van der Waals surface area contributed by atoms with Gasteiger partial charge in [-0.2, -0.15) is 0 Å². The second-order valence-electron chi connectivity index (χ2n) is 8.20. The van der Waals surface area contributed by atoms with Crippen LogP contribution in [0.4, 0.5) is 8.78 Å². The summed E-state index contributed by atoms with van der Waals surface area (Å²) in [7, 11) is 0. The summed E-state index contributed by atoms with van der Waals surface area (Å²) >= 11 is 0. The zero-order valence-corrected chi connectivity index (χ0v) is 17.4. The van der Waals surface area contributed by atoms with Gasteiger partial charge in [0.2, 0.25) is 5.91 Å². The Morgan fingerprint density at radius 1 is 1.10 bits per heavy atom. The van der Waals surface area contributed by atoms with Crippen molar-refractivity contribution in [2.45, 2.75) is 58.5 Å². The topological polar surface area (TPSA) is 67.8 Å². The van der Waals surface area contributed by atoms with Gasteiger partial charge in [-0.25, -0.2) is 0 Å². The van der Waals surface area contributed by atoms with Gasteiger partial charge in [-0.3, -0.25) is 4.79 Å². The van der Waals surface area contributed by atoms with Crippen LogP contribution in [0.25, 0.3) is 0 Å². The lowest BCUT2D eigenvalue weighted by molar-refractivity contribution is -0.286. The molecular weight excluding hydrogens is 392 g/mol. The largest absolute Gasteiger partial charge is 0.586 e. The molecule has 1 aliphatic heterocycles. The first-order chi connectivity index (χ1) is 14.1. The fraction of sp³-hybridized carbons (Fsp3) is 0.435. The average Bonchev–Trinajstić information content (AvgIpc) is 3.36. The number of benzene rings is 2. The molecule has 2 N–H and O–H groups in total. The first-order valence-electron chi connectivity index (χ1n) is 10.0. The summed E-state index contributed by atoms with van der Waals surface area (Å²) < 4.78 is 33.3. The zero-order chi connectivity index (χ0) is 21.9. The SMILES string of the molecule is Cc1ccc(C2(NC(=O)CC(C)C)CC2)cc1.OCc1ccc2c(c1)OC(F)(F)O2. The van der Waals surface area contributed by atoms with Gasteiger partial charge in [-0.1, -0.05) is 49.7 Å². The number of fused-ring (bicyclic) bond motifs is 1. The maximum Gasteiger partial charge on any atom is 0.586 e. The van der Waals surface area contributed by atoms with Crippen LogP contribution in [0.1, 0.15) is 49.8 Å². The molecule has 4 rings (SSSR count). The number of rotatable bonds is 5. The van der Waals surface area contributed by atoms with E-state index in [1.165, 1.54) is 29.3 Å². The minimum absolute atomic E-state index is 0.0119. The van der Waals surface area contributed by atoms with Crippen molar-refractivity contribution in [3.8, 4) is 11.5 Å². The van der Waals surface area contributed by atoms with Crippen LogP contribution < -0.4 is 14.8 Å². The Hall–Kier alpha value is -2.67. The third-order valence-corrected chi connectivity index (χ3v) is 4.97. The highest BCUT2D eigenvalue weighted by molar-refractivity contribution is 5.77. The van der Waals surface area contributed by atoms with E-state index in [1.54, 1.807) is 0 Å². The Balaban J connectivity index is 0.000000177. The first-order valence-corrected chi connectivity index (χ1v) is 10.0. The van der Waals surface area contributed by atoms with Crippen LogP contribution in [0, 0.1) is 12.8 Å². The Bertz CT molecular complexity index is 893. The molecule has 1 amide bonds. The summed E-state index contributed by atoms with van der Waals surface area (Å²) in [6, 6.07) is 12.6. The number of alkyl halides is 2. The second-order valence-corrected chi connectivity index (χ2v) is 8.20. The molecule has 0 aromatic heterocycles. The third-order valence-electron chi connectivity index (χ3n) is 4.97. The van der Waals surface area contributed by atoms with E-state index in [-0.39, 0.29) is 29.6 Å². The summed E-state index contributed by atoms with van der Waals surface area (Å²) in [5.41, 5.74) is 2.96. The standard InChI is InChI=1S/C15H21NO.C8H6F2O3/c1-11(2)10-14(17)16-15(8-9-15)13-6-4-12(3)5-7-13;9-8(10)12-6-2-1-5(4-11)3-7(6)13-8/h4-7,11H,8-10H2,1-3H3,(H,16,17);1-3,11H,4H2. The second kappa shape index (κ2) is 8.60. The average molecular weight is 419 g/mol. The number of aryl methyl sites for hydroxylation is 1. The lowest BCUT2D eigenvalue weighted by Gasteiger charge is -2.19. The number of carbonyl (C=O) groups is 1. The van der Waals surface area contributed by atoms with Gasteiger partial charge in [0, 0.05) is 6.42 Å². The third kappa shape index (κ3) is 5.48. The van der Waals surface area contributed by atoms with Crippen LogP contribution in [0.3, 0.4) is 0 Å². The Kier molecular flexibility index (Phi) is 6.31. The van der Waals surface area contributed by atoms with Crippen LogP contribution in [0.15, 0.2) is 42.5 Å². The van der Waals surface area contributed by atoms with Crippen molar-refractivity contribution < 1.29 is 28.2 Å². The molecule has 30 heavy (non-hydrogen) atoms. The molecule has 162 valence electrons. The van der Waals surface area contributed by atoms with E-state index in [0.29, 0.717) is 17.9 Å². The number of aliphatic hydroxyl groups excluding tert-OH is 1. The van der Waals surface area contributed by atoms with Gasteiger partial charge < -0.3 is 19.9 Å². The van der Waals surface area contributed by atoms with Gasteiger partial charge >= 0.3 is 6.29 Å². The molecule has 0 unspecified atom stereocenters. The highest BCUT2D eigenvalue weighted by atomic mass is 19.3. The lowest BCUT2D eigenvalue weighted by Crippen LogP contribution is -2.35. The van der Waals surface area contributed by atoms with Crippen LogP contribution in [0.5, 0.6) is 11.5 Å². The van der Waals surface area contributed by atoms with Gasteiger partial charge in [0.15, 0.2) is 11.5 Å². The van der Waals surface area contributed by atoms with Crippen molar-refractivity contribution in [3.63, 3.8) is 0 Å². The molecule has 2 aromatic carbocycles. The highest BCUT2D eigenvalue weighted by Gasteiger charge is 2.45. The molecule has 2 aromatic rings. The maximum atomic E-state index is 12.5. The van der Waals surface area contributed by atoms with E-state index >= 15 is 0 Å². The number of amides is 1. The Labute approximate surface area is 175 Å². The van der Waals surface area contributed by atoms with Crippen molar-refractivity contribution in [2.75, 3.05) is 0 Å². The van der Waals surface area contributed by atoms with Crippen molar-refractivity contribution in [2.24, 2.45) is 5.92 Å². The molecular formula is C23H27F2NO4. The van der Waals surface area contributed by atoms with Crippen LogP contribution in [0.2, 0.25) is 0 Å². The number of carbonyl (C=O) groups excluding carboxylic acids is 1. The minimum Gasteiger partial charge on any atom is -0.395 e. The molecule has 0 saturated heterocycles. The smallest absolute Gasteiger partial charge is 0.395 e. The van der Waals surface area contributed by atoms with E-state index in [9.17, 15) is 13.6 Å². The summed E-state index contributed by atoms with van der Waals surface area (Å²) in [6.45, 7) is 6.01. The summed E-state index contributed by atoms with van der Waals surface area (Å²) in [6.07, 6.45) is -0.830. The molecule has 0 radical (unpaired) electrons. The zero-order valence-electron chi connectivity index (χ0n) is 17.4. The number of halogens is 2. The van der Waals surface area contributed by atoms with E-state index in [1.807, 2.05) is 0 Å². The Morgan fingerprint density at radius 2 is 1.73 bits per heavy atom. The quantitative estimate of drug-likeness (QED) is 0.741. The number of ether oxygens (including phenoxy) is 2. The number of aliphatic hydroxyl groups is 1. The van der Waals surface area contributed by atoms with Gasteiger partial charge in [0.05, 0.1) is 12.1 Å². The maximum absolute atomic E-state index is 12.5. The van der Waals surface area contributed by atoms with Crippen LogP contribution in [-0.2, 0) is 16.9 Å². The summed E-state index contributed by atoms with van der Waals surface area (Å²) in [5, 5.41) is 11.9. The van der Waals surface area contributed by atoms with Crippen LogP contribution in [-0.4, -0.2) is 17.3 Å². The van der Waals surface area contributed by atoms with E-state index in [4.69, 9.17) is 5.11 Å². The lowest BCUT2D eigenvalue weighted by atomic mass is 10.0. The number of nitrogens with one attached hydrogen (secondary N) is 1. The molecule has 1 saturated carbocycles. The normalized spacial score (nSPS) is 17.2. The van der Waals surface area contributed by atoms with E-state index < -0.39 is 6.29 Å². The van der Waals surface area contributed by atoms with Gasteiger partial charge in [-0.15, -0.1) is 8.78 Å². The fourth-order valence-electron chi connectivity index (χ4n) is 3.26. The number of hydrogen-bond acceptors (Lipinski definition) is 4. The monoisotopic (exact) mass is 419 g/mol. The fourth-order valence-corrected chi connectivity index (χ4v) is 3.26.